The Morgan fingerprint density at radius 1 is 1.05 bits per heavy atom. The van der Waals surface area contributed by atoms with Gasteiger partial charge in [0.15, 0.2) is 5.75 Å². The molecule has 0 spiro atoms. The van der Waals surface area contributed by atoms with E-state index in [0.29, 0.717) is 11.0 Å². The minimum atomic E-state index is -0.276. The molecule has 5 nitrogen and oxygen atoms in total. The molecule has 0 aliphatic rings. The van der Waals surface area contributed by atoms with Crippen molar-refractivity contribution in [3.05, 3.63) is 50.0 Å². The molecule has 0 saturated heterocycles. The van der Waals surface area contributed by atoms with Crippen LogP contribution in [-0.2, 0) is 7.05 Å². The second kappa shape index (κ2) is 3.96. The molecule has 2 heterocycles. The van der Waals surface area contributed by atoms with E-state index < -0.39 is 0 Å². The first-order valence-corrected chi connectivity index (χ1v) is 6.26. The number of H-pyrrole nitrogens is 1. The fourth-order valence-electron chi connectivity index (χ4n) is 2.64. The van der Waals surface area contributed by atoms with Gasteiger partial charge in [0.2, 0.25) is 5.56 Å². The lowest BCUT2D eigenvalue weighted by atomic mass is 10.0. The van der Waals surface area contributed by atoms with Crippen molar-refractivity contribution in [1.29, 1.82) is 0 Å². The summed E-state index contributed by atoms with van der Waals surface area (Å²) in [6, 6.07) is 4.92. The number of aryl methyl sites for hydroxylation is 3. The average molecular weight is 270 g/mol. The van der Waals surface area contributed by atoms with Crippen LogP contribution in [0.15, 0.2) is 27.8 Å². The van der Waals surface area contributed by atoms with E-state index in [1.807, 2.05) is 19.9 Å². The molecule has 0 saturated carbocycles. The zero-order valence-corrected chi connectivity index (χ0v) is 11.4. The van der Waals surface area contributed by atoms with Crippen LogP contribution in [0.1, 0.15) is 11.1 Å². The van der Waals surface area contributed by atoms with Crippen LogP contribution in [0.2, 0.25) is 0 Å². The van der Waals surface area contributed by atoms with E-state index in [1.54, 1.807) is 7.05 Å². The minimum absolute atomic E-state index is 0.0680. The van der Waals surface area contributed by atoms with Gasteiger partial charge in [-0.3, -0.25) is 9.59 Å². The number of nitrogens with zero attached hydrogens (tertiary/aromatic N) is 1. The van der Waals surface area contributed by atoms with Crippen LogP contribution in [-0.4, -0.2) is 14.7 Å². The van der Waals surface area contributed by atoms with Gasteiger partial charge in [-0.25, -0.2) is 0 Å². The quantitative estimate of drug-likeness (QED) is 0.610. The SMILES string of the molecule is Cc1cc(=O)[nH]c2c(O)c3c(cc12)c(C)cc(=O)n3C. The molecule has 2 N–H and O–H groups in total. The highest BCUT2D eigenvalue weighted by Gasteiger charge is 2.14. The van der Waals surface area contributed by atoms with Crippen LogP contribution < -0.4 is 11.1 Å². The van der Waals surface area contributed by atoms with Gasteiger partial charge in [0.1, 0.15) is 0 Å². The lowest BCUT2D eigenvalue weighted by Gasteiger charge is -2.12. The standard InChI is InChI=1S/C15H14N2O3/c1-7-4-11(18)16-13-9(7)6-10-8(2)5-12(19)17(3)14(10)15(13)20/h4-6,20H,1-3H3,(H,16,18). The van der Waals surface area contributed by atoms with E-state index >= 15 is 0 Å². The molecule has 0 amide bonds. The molecule has 0 aliphatic carbocycles. The molecule has 0 atom stereocenters. The van der Waals surface area contributed by atoms with E-state index in [1.165, 1.54) is 16.7 Å². The second-order valence-electron chi connectivity index (χ2n) is 5.09. The first-order chi connectivity index (χ1) is 9.40. The molecule has 2 aromatic heterocycles. The monoisotopic (exact) mass is 270 g/mol. The number of pyridine rings is 2. The molecule has 20 heavy (non-hydrogen) atoms. The van der Waals surface area contributed by atoms with E-state index in [-0.39, 0.29) is 16.9 Å². The third kappa shape index (κ3) is 1.56. The fourth-order valence-corrected chi connectivity index (χ4v) is 2.64. The summed E-state index contributed by atoms with van der Waals surface area (Å²) in [5.74, 6) is -0.0680. The number of phenols is 1. The van der Waals surface area contributed by atoms with Gasteiger partial charge >= 0.3 is 0 Å². The number of nitrogens with one attached hydrogen (secondary N) is 1. The van der Waals surface area contributed by atoms with Crippen molar-refractivity contribution in [2.45, 2.75) is 13.8 Å². The van der Waals surface area contributed by atoms with Gasteiger partial charge in [-0.15, -0.1) is 0 Å². The van der Waals surface area contributed by atoms with Crippen molar-refractivity contribution in [2.24, 2.45) is 7.05 Å². The van der Waals surface area contributed by atoms with Gasteiger partial charge in [-0.1, -0.05) is 0 Å². The summed E-state index contributed by atoms with van der Waals surface area (Å²) in [5.41, 5.74) is 1.91. The van der Waals surface area contributed by atoms with Gasteiger partial charge < -0.3 is 14.7 Å². The molecular weight excluding hydrogens is 256 g/mol. The fraction of sp³-hybridized carbons (Fsp3) is 0.200. The number of phenolic OH excluding ortho intramolecular Hbond substituents is 1. The smallest absolute Gasteiger partial charge is 0.251 e. The number of rotatable bonds is 0. The Hall–Kier alpha value is -2.56. The summed E-state index contributed by atoms with van der Waals surface area (Å²) in [5, 5.41) is 12.0. The van der Waals surface area contributed by atoms with Crippen molar-refractivity contribution in [1.82, 2.24) is 9.55 Å². The van der Waals surface area contributed by atoms with Crippen LogP contribution in [0, 0.1) is 13.8 Å². The molecule has 102 valence electrons. The molecule has 3 aromatic rings. The molecule has 0 radical (unpaired) electrons. The molecule has 0 bridgehead atoms. The molecule has 3 rings (SSSR count). The van der Waals surface area contributed by atoms with E-state index in [4.69, 9.17) is 0 Å². The summed E-state index contributed by atoms with van der Waals surface area (Å²) < 4.78 is 1.39. The Labute approximate surface area is 114 Å². The van der Waals surface area contributed by atoms with Crippen LogP contribution in [0.5, 0.6) is 5.75 Å². The van der Waals surface area contributed by atoms with Crippen molar-refractivity contribution >= 4 is 21.8 Å². The highest BCUT2D eigenvalue weighted by atomic mass is 16.3. The second-order valence-corrected chi connectivity index (χ2v) is 5.09. The number of hydrogen-bond acceptors (Lipinski definition) is 3. The maximum absolute atomic E-state index is 11.9. The Morgan fingerprint density at radius 2 is 1.70 bits per heavy atom. The number of fused-ring (bicyclic) bond motifs is 2. The zero-order valence-electron chi connectivity index (χ0n) is 11.4. The van der Waals surface area contributed by atoms with Crippen molar-refractivity contribution in [2.75, 3.05) is 0 Å². The molecule has 1 aromatic carbocycles. The van der Waals surface area contributed by atoms with Crippen LogP contribution >= 0.6 is 0 Å². The largest absolute Gasteiger partial charge is 0.504 e. The first-order valence-electron chi connectivity index (χ1n) is 6.26. The van der Waals surface area contributed by atoms with Gasteiger partial charge in [-0.05, 0) is 31.0 Å². The maximum atomic E-state index is 11.9. The normalized spacial score (nSPS) is 11.3. The molecule has 0 aliphatic heterocycles. The van der Waals surface area contributed by atoms with Crippen LogP contribution in [0.25, 0.3) is 21.8 Å². The molecule has 0 unspecified atom stereocenters. The Morgan fingerprint density at radius 3 is 2.40 bits per heavy atom. The van der Waals surface area contributed by atoms with Crippen molar-refractivity contribution in [3.8, 4) is 5.75 Å². The number of benzene rings is 1. The van der Waals surface area contributed by atoms with E-state index in [0.717, 1.165) is 21.9 Å². The molecular formula is C15H14N2O3. The first kappa shape index (κ1) is 12.5. The van der Waals surface area contributed by atoms with Crippen LogP contribution in [0.4, 0.5) is 0 Å². The summed E-state index contributed by atoms with van der Waals surface area (Å²) in [7, 11) is 1.60. The van der Waals surface area contributed by atoms with E-state index in [2.05, 4.69) is 4.98 Å². The Bertz CT molecular complexity index is 980. The minimum Gasteiger partial charge on any atom is -0.504 e. The summed E-state index contributed by atoms with van der Waals surface area (Å²) in [6.45, 7) is 3.65. The predicted molar refractivity (Wildman–Crippen MR) is 78.5 cm³/mol. The summed E-state index contributed by atoms with van der Waals surface area (Å²) >= 11 is 0. The molecule has 5 heteroatoms. The van der Waals surface area contributed by atoms with Gasteiger partial charge in [-0.2, -0.15) is 0 Å². The third-order valence-corrected chi connectivity index (χ3v) is 3.73. The van der Waals surface area contributed by atoms with Crippen molar-refractivity contribution in [3.63, 3.8) is 0 Å². The average Bonchev–Trinajstić information content (AvgIpc) is 2.37. The Balaban J connectivity index is 2.72. The number of aromatic hydroxyl groups is 1. The van der Waals surface area contributed by atoms with Gasteiger partial charge in [0.05, 0.1) is 11.0 Å². The topological polar surface area (TPSA) is 75.1 Å². The van der Waals surface area contributed by atoms with Gasteiger partial charge in [0, 0.05) is 30.0 Å². The lowest BCUT2D eigenvalue weighted by molar-refractivity contribution is 0.483. The lowest BCUT2D eigenvalue weighted by Crippen LogP contribution is -2.17. The summed E-state index contributed by atoms with van der Waals surface area (Å²) in [4.78, 5) is 26.1. The number of aromatic amines is 1. The molecule has 0 fully saturated rings. The maximum Gasteiger partial charge on any atom is 0.251 e. The van der Waals surface area contributed by atoms with Crippen molar-refractivity contribution < 1.29 is 5.11 Å². The highest BCUT2D eigenvalue weighted by molar-refractivity contribution is 6.03. The summed E-state index contributed by atoms with van der Waals surface area (Å²) in [6.07, 6.45) is 0. The third-order valence-electron chi connectivity index (χ3n) is 3.73. The van der Waals surface area contributed by atoms with Crippen LogP contribution in [0.3, 0.4) is 0 Å². The predicted octanol–water partition coefficient (Wildman–Crippen LogP) is 1.70. The van der Waals surface area contributed by atoms with Gasteiger partial charge in [0.25, 0.3) is 5.56 Å². The highest BCUT2D eigenvalue weighted by Crippen LogP contribution is 2.33. The van der Waals surface area contributed by atoms with E-state index in [9.17, 15) is 14.7 Å². The number of hydrogen-bond donors (Lipinski definition) is 2. The Kier molecular flexibility index (Phi) is 2.47. The number of aromatic nitrogens is 2. The zero-order chi connectivity index (χ0) is 14.6.